The summed E-state index contributed by atoms with van der Waals surface area (Å²) in [5, 5.41) is 2.82. The first-order chi connectivity index (χ1) is 11.8. The third kappa shape index (κ3) is 3.78. The first-order valence-electron chi connectivity index (χ1n) is 8.23. The quantitative estimate of drug-likeness (QED) is 0.887. The lowest BCUT2D eigenvalue weighted by Crippen LogP contribution is -2.22. The number of carbonyl (C=O) groups excluding carboxylic acids is 1. The molecule has 0 fully saturated rings. The number of benzene rings is 1. The van der Waals surface area contributed by atoms with Gasteiger partial charge in [0.05, 0.1) is 9.77 Å². The third-order valence-electron chi connectivity index (χ3n) is 4.42. The van der Waals surface area contributed by atoms with E-state index in [1.165, 1.54) is 43.1 Å². The fourth-order valence-electron chi connectivity index (χ4n) is 2.96. The lowest BCUT2D eigenvalue weighted by molar-refractivity contribution is 0.103. The van der Waals surface area contributed by atoms with Crippen molar-refractivity contribution in [1.82, 2.24) is 4.31 Å². The highest BCUT2D eigenvalue weighted by atomic mass is 32.2. The Hall–Kier alpha value is -1.70. The summed E-state index contributed by atoms with van der Waals surface area (Å²) in [5.41, 5.74) is 1.76. The Kier molecular flexibility index (Phi) is 4.99. The van der Waals surface area contributed by atoms with E-state index < -0.39 is 10.0 Å². The van der Waals surface area contributed by atoms with Crippen LogP contribution in [0, 0.1) is 5.92 Å². The molecular weight excluding hydrogens is 356 g/mol. The Labute approximate surface area is 152 Å². The van der Waals surface area contributed by atoms with Gasteiger partial charge < -0.3 is 5.32 Å². The number of nitrogens with one attached hydrogen (secondary N) is 1. The standard InChI is InChI=1S/C18H22N2O3S2/c1-12-7-8-16-13(9-12)10-17(24-16)18(21)19-14-5-4-6-15(11-14)25(22,23)20(2)3/h4-6,10-12H,7-9H2,1-3H3,(H,19,21). The highest BCUT2D eigenvalue weighted by molar-refractivity contribution is 7.89. The molecule has 1 amide bonds. The van der Waals surface area contributed by atoms with Crippen LogP contribution in [0.2, 0.25) is 0 Å². The Morgan fingerprint density at radius 1 is 1.28 bits per heavy atom. The van der Waals surface area contributed by atoms with E-state index in [0.717, 1.165) is 17.1 Å². The molecule has 1 atom stereocenters. The van der Waals surface area contributed by atoms with Gasteiger partial charge in [-0.15, -0.1) is 11.3 Å². The van der Waals surface area contributed by atoms with Gasteiger partial charge in [-0.25, -0.2) is 12.7 Å². The van der Waals surface area contributed by atoms with E-state index in [0.29, 0.717) is 16.5 Å². The zero-order chi connectivity index (χ0) is 18.2. The van der Waals surface area contributed by atoms with E-state index >= 15 is 0 Å². The van der Waals surface area contributed by atoms with Gasteiger partial charge in [0.2, 0.25) is 10.0 Å². The van der Waals surface area contributed by atoms with Crippen LogP contribution in [0.3, 0.4) is 0 Å². The summed E-state index contributed by atoms with van der Waals surface area (Å²) in [4.78, 5) is 14.7. The molecule has 25 heavy (non-hydrogen) atoms. The Morgan fingerprint density at radius 2 is 2.04 bits per heavy atom. The lowest BCUT2D eigenvalue weighted by atomic mass is 9.90. The van der Waals surface area contributed by atoms with Crippen LogP contribution in [0.1, 0.15) is 33.5 Å². The molecule has 1 aromatic heterocycles. The summed E-state index contributed by atoms with van der Waals surface area (Å²) < 4.78 is 25.6. The van der Waals surface area contributed by atoms with Crippen molar-refractivity contribution >= 4 is 33.0 Å². The van der Waals surface area contributed by atoms with Gasteiger partial charge in [-0.3, -0.25) is 4.79 Å². The number of thiophene rings is 1. The maximum Gasteiger partial charge on any atom is 0.265 e. The molecule has 1 unspecified atom stereocenters. The van der Waals surface area contributed by atoms with Gasteiger partial charge in [-0.2, -0.15) is 0 Å². The molecule has 0 aliphatic heterocycles. The predicted molar refractivity (Wildman–Crippen MR) is 101 cm³/mol. The van der Waals surface area contributed by atoms with Crippen LogP contribution in [0.15, 0.2) is 35.2 Å². The molecule has 1 N–H and O–H groups in total. The Bertz CT molecular complexity index is 901. The molecule has 0 radical (unpaired) electrons. The van der Waals surface area contributed by atoms with Crippen molar-refractivity contribution in [2.75, 3.05) is 19.4 Å². The molecule has 134 valence electrons. The average Bonchev–Trinajstić information content (AvgIpc) is 2.98. The molecule has 1 aromatic carbocycles. The molecule has 0 saturated heterocycles. The number of anilines is 1. The van der Waals surface area contributed by atoms with E-state index in [9.17, 15) is 13.2 Å². The highest BCUT2D eigenvalue weighted by Crippen LogP contribution is 2.32. The Morgan fingerprint density at radius 3 is 2.76 bits per heavy atom. The minimum Gasteiger partial charge on any atom is -0.321 e. The smallest absolute Gasteiger partial charge is 0.265 e. The largest absolute Gasteiger partial charge is 0.321 e. The minimum absolute atomic E-state index is 0.162. The summed E-state index contributed by atoms with van der Waals surface area (Å²) in [6.07, 6.45) is 3.22. The second-order valence-corrected chi connectivity index (χ2v) is 9.97. The number of carbonyl (C=O) groups is 1. The molecule has 0 saturated carbocycles. The molecule has 2 aromatic rings. The summed E-state index contributed by atoms with van der Waals surface area (Å²) >= 11 is 1.54. The fraction of sp³-hybridized carbons (Fsp3) is 0.389. The van der Waals surface area contributed by atoms with Crippen molar-refractivity contribution < 1.29 is 13.2 Å². The van der Waals surface area contributed by atoms with E-state index in [1.54, 1.807) is 23.5 Å². The zero-order valence-electron chi connectivity index (χ0n) is 14.6. The molecular formula is C18H22N2O3S2. The van der Waals surface area contributed by atoms with Crippen LogP contribution >= 0.6 is 11.3 Å². The second kappa shape index (κ2) is 6.90. The van der Waals surface area contributed by atoms with Crippen molar-refractivity contribution in [1.29, 1.82) is 0 Å². The van der Waals surface area contributed by atoms with Gasteiger partial charge in [0.15, 0.2) is 0 Å². The maximum atomic E-state index is 12.5. The number of nitrogens with zero attached hydrogens (tertiary/aromatic N) is 1. The Balaban J connectivity index is 1.80. The minimum atomic E-state index is -3.52. The van der Waals surface area contributed by atoms with Gasteiger partial charge in [-0.1, -0.05) is 13.0 Å². The summed E-state index contributed by atoms with van der Waals surface area (Å²) in [6.45, 7) is 2.23. The number of sulfonamides is 1. The first kappa shape index (κ1) is 18.1. The number of aryl methyl sites for hydroxylation is 1. The normalized spacial score (nSPS) is 17.4. The SMILES string of the molecule is CC1CCc2sc(C(=O)Nc3cccc(S(=O)(=O)N(C)C)c3)cc2C1. The van der Waals surface area contributed by atoms with Crippen molar-refractivity contribution in [2.24, 2.45) is 5.92 Å². The van der Waals surface area contributed by atoms with Crippen LogP contribution < -0.4 is 5.32 Å². The van der Waals surface area contributed by atoms with Crippen molar-refractivity contribution in [3.63, 3.8) is 0 Å². The average molecular weight is 379 g/mol. The van der Waals surface area contributed by atoms with Gasteiger partial charge in [0, 0.05) is 24.7 Å². The highest BCUT2D eigenvalue weighted by Gasteiger charge is 2.21. The second-order valence-electron chi connectivity index (χ2n) is 6.68. The van der Waals surface area contributed by atoms with Crippen LogP contribution in [-0.2, 0) is 22.9 Å². The molecule has 1 aliphatic rings. The molecule has 7 heteroatoms. The summed E-state index contributed by atoms with van der Waals surface area (Å²) in [5.74, 6) is 0.470. The van der Waals surface area contributed by atoms with E-state index in [1.807, 2.05) is 6.07 Å². The van der Waals surface area contributed by atoms with E-state index in [4.69, 9.17) is 0 Å². The zero-order valence-corrected chi connectivity index (χ0v) is 16.2. The van der Waals surface area contributed by atoms with Crippen molar-refractivity contribution in [3.05, 3.63) is 45.6 Å². The summed E-state index contributed by atoms with van der Waals surface area (Å²) in [7, 11) is -0.556. The molecule has 0 spiro atoms. The topological polar surface area (TPSA) is 66.5 Å². The number of hydrogen-bond acceptors (Lipinski definition) is 4. The number of fused-ring (bicyclic) bond motifs is 1. The lowest BCUT2D eigenvalue weighted by Gasteiger charge is -2.16. The van der Waals surface area contributed by atoms with Crippen LogP contribution in [0.25, 0.3) is 0 Å². The molecule has 1 heterocycles. The number of hydrogen-bond donors (Lipinski definition) is 1. The van der Waals surface area contributed by atoms with E-state index in [2.05, 4.69) is 12.2 Å². The molecule has 0 bridgehead atoms. The maximum absolute atomic E-state index is 12.5. The van der Waals surface area contributed by atoms with Crippen LogP contribution in [0.5, 0.6) is 0 Å². The molecule has 5 nitrogen and oxygen atoms in total. The van der Waals surface area contributed by atoms with Crippen LogP contribution in [-0.4, -0.2) is 32.7 Å². The number of rotatable bonds is 4. The van der Waals surface area contributed by atoms with Gasteiger partial charge in [0.1, 0.15) is 0 Å². The number of amides is 1. The van der Waals surface area contributed by atoms with Crippen LogP contribution in [0.4, 0.5) is 5.69 Å². The monoisotopic (exact) mass is 378 g/mol. The van der Waals surface area contributed by atoms with Gasteiger partial charge in [-0.05, 0) is 55.0 Å². The first-order valence-corrected chi connectivity index (χ1v) is 10.5. The third-order valence-corrected chi connectivity index (χ3v) is 7.47. The fourth-order valence-corrected chi connectivity index (χ4v) is 5.01. The van der Waals surface area contributed by atoms with Crippen molar-refractivity contribution in [3.8, 4) is 0 Å². The molecule has 1 aliphatic carbocycles. The van der Waals surface area contributed by atoms with Gasteiger partial charge in [0.25, 0.3) is 5.91 Å². The summed E-state index contributed by atoms with van der Waals surface area (Å²) in [6, 6.07) is 8.32. The predicted octanol–water partition coefficient (Wildman–Crippen LogP) is 3.38. The van der Waals surface area contributed by atoms with E-state index in [-0.39, 0.29) is 10.8 Å². The molecule has 3 rings (SSSR count). The van der Waals surface area contributed by atoms with Gasteiger partial charge >= 0.3 is 0 Å². The van der Waals surface area contributed by atoms with Crippen molar-refractivity contribution in [2.45, 2.75) is 31.1 Å².